The highest BCUT2D eigenvalue weighted by atomic mass is 16.3. The largest absolute Gasteiger partial charge is 0.395 e. The maximum absolute atomic E-state index is 9.84. The van der Waals surface area contributed by atoms with Crippen molar-refractivity contribution in [2.75, 3.05) is 18.1 Å². The van der Waals surface area contributed by atoms with E-state index in [1.807, 2.05) is 12.1 Å². The molecule has 1 fully saturated rings. The number of anilines is 1. The first-order valence-corrected chi connectivity index (χ1v) is 6.74. The van der Waals surface area contributed by atoms with Crippen molar-refractivity contribution in [3.05, 3.63) is 23.9 Å². The minimum atomic E-state index is -0.531. The van der Waals surface area contributed by atoms with Gasteiger partial charge in [-0.1, -0.05) is 18.9 Å². The molecule has 2 rings (SSSR count). The van der Waals surface area contributed by atoms with Gasteiger partial charge in [-0.15, -0.1) is 0 Å². The summed E-state index contributed by atoms with van der Waals surface area (Å²) in [7, 11) is 0. The lowest BCUT2D eigenvalue weighted by Crippen LogP contribution is -2.37. The van der Waals surface area contributed by atoms with Gasteiger partial charge >= 0.3 is 0 Å². The van der Waals surface area contributed by atoms with Crippen LogP contribution in [0.5, 0.6) is 0 Å². The van der Waals surface area contributed by atoms with Gasteiger partial charge in [0.25, 0.3) is 0 Å². The summed E-state index contributed by atoms with van der Waals surface area (Å²) in [6.07, 6.45) is 6.00. The summed E-state index contributed by atoms with van der Waals surface area (Å²) in [4.78, 5) is 6.58. The zero-order chi connectivity index (χ0) is 13.0. The van der Waals surface area contributed by atoms with Crippen LogP contribution in [0.3, 0.4) is 0 Å². The Bertz CT molecular complexity index is 376. The second-order valence-corrected chi connectivity index (χ2v) is 4.95. The molecule has 1 atom stereocenters. The highest BCUT2D eigenvalue weighted by Crippen LogP contribution is 2.31. The van der Waals surface area contributed by atoms with Crippen molar-refractivity contribution in [3.63, 3.8) is 0 Å². The molecule has 1 saturated carbocycles. The van der Waals surface area contributed by atoms with Crippen molar-refractivity contribution in [1.29, 1.82) is 0 Å². The molecular weight excluding hydrogens is 228 g/mol. The SMILES string of the molecule is CC(O)c1cccnc1N(CCO)C1CCCC1. The lowest BCUT2D eigenvalue weighted by molar-refractivity contribution is 0.198. The van der Waals surface area contributed by atoms with E-state index in [0.29, 0.717) is 12.6 Å². The first-order valence-electron chi connectivity index (χ1n) is 6.74. The number of aromatic nitrogens is 1. The molecule has 0 amide bonds. The predicted molar refractivity (Wildman–Crippen MR) is 71.6 cm³/mol. The van der Waals surface area contributed by atoms with Crippen LogP contribution in [-0.2, 0) is 0 Å². The van der Waals surface area contributed by atoms with E-state index in [4.69, 9.17) is 0 Å². The molecule has 0 saturated heterocycles. The second-order valence-electron chi connectivity index (χ2n) is 4.95. The van der Waals surface area contributed by atoms with Crippen LogP contribution in [-0.4, -0.2) is 34.4 Å². The first kappa shape index (κ1) is 13.3. The van der Waals surface area contributed by atoms with Gasteiger partial charge < -0.3 is 15.1 Å². The normalized spacial score (nSPS) is 17.9. The molecule has 1 heterocycles. The van der Waals surface area contributed by atoms with Gasteiger partial charge in [0.05, 0.1) is 12.7 Å². The summed E-state index contributed by atoms with van der Waals surface area (Å²) in [5, 5.41) is 19.1. The third kappa shape index (κ3) is 2.82. The van der Waals surface area contributed by atoms with Gasteiger partial charge in [0.15, 0.2) is 0 Å². The van der Waals surface area contributed by atoms with Crippen LogP contribution in [0.1, 0.15) is 44.3 Å². The predicted octanol–water partition coefficient (Wildman–Crippen LogP) is 1.88. The molecule has 1 aromatic heterocycles. The molecule has 4 nitrogen and oxygen atoms in total. The van der Waals surface area contributed by atoms with E-state index in [0.717, 1.165) is 24.2 Å². The Hall–Kier alpha value is -1.13. The van der Waals surface area contributed by atoms with E-state index in [1.54, 1.807) is 13.1 Å². The van der Waals surface area contributed by atoms with Crippen LogP contribution < -0.4 is 4.90 Å². The number of nitrogens with zero attached hydrogens (tertiary/aromatic N) is 2. The molecule has 0 radical (unpaired) electrons. The van der Waals surface area contributed by atoms with Gasteiger partial charge in [-0.2, -0.15) is 0 Å². The summed E-state index contributed by atoms with van der Waals surface area (Å²) < 4.78 is 0. The molecule has 0 aromatic carbocycles. The third-order valence-electron chi connectivity index (χ3n) is 3.65. The smallest absolute Gasteiger partial charge is 0.134 e. The van der Waals surface area contributed by atoms with Crippen LogP contribution in [0.25, 0.3) is 0 Å². The van der Waals surface area contributed by atoms with Crippen LogP contribution in [0.2, 0.25) is 0 Å². The van der Waals surface area contributed by atoms with Crippen LogP contribution >= 0.6 is 0 Å². The molecule has 0 spiro atoms. The van der Waals surface area contributed by atoms with Gasteiger partial charge in [0.2, 0.25) is 0 Å². The van der Waals surface area contributed by atoms with E-state index >= 15 is 0 Å². The molecule has 1 aliphatic rings. The molecule has 2 N–H and O–H groups in total. The Kier molecular flexibility index (Phi) is 4.55. The molecule has 4 heteroatoms. The highest BCUT2D eigenvalue weighted by molar-refractivity contribution is 5.49. The fourth-order valence-electron chi connectivity index (χ4n) is 2.76. The molecular formula is C14H22N2O2. The van der Waals surface area contributed by atoms with Crippen molar-refractivity contribution in [1.82, 2.24) is 4.98 Å². The van der Waals surface area contributed by atoms with Crippen LogP contribution in [0.4, 0.5) is 5.82 Å². The molecule has 18 heavy (non-hydrogen) atoms. The molecule has 0 aliphatic heterocycles. The first-order chi connectivity index (χ1) is 8.74. The van der Waals surface area contributed by atoms with Crippen LogP contribution in [0.15, 0.2) is 18.3 Å². The Morgan fingerprint density at radius 3 is 2.78 bits per heavy atom. The topological polar surface area (TPSA) is 56.6 Å². The molecule has 100 valence electrons. The van der Waals surface area contributed by atoms with Gasteiger partial charge in [0, 0.05) is 24.3 Å². The van der Waals surface area contributed by atoms with Crippen molar-refractivity contribution < 1.29 is 10.2 Å². The van der Waals surface area contributed by atoms with Crippen molar-refractivity contribution >= 4 is 5.82 Å². The monoisotopic (exact) mass is 250 g/mol. The lowest BCUT2D eigenvalue weighted by atomic mass is 10.1. The molecule has 0 bridgehead atoms. The van der Waals surface area contributed by atoms with E-state index in [-0.39, 0.29) is 6.61 Å². The van der Waals surface area contributed by atoms with Crippen molar-refractivity contribution in [2.24, 2.45) is 0 Å². The second kappa shape index (κ2) is 6.16. The number of pyridine rings is 1. The summed E-state index contributed by atoms with van der Waals surface area (Å²) in [5.41, 5.74) is 0.845. The quantitative estimate of drug-likeness (QED) is 0.837. The third-order valence-corrected chi connectivity index (χ3v) is 3.65. The molecule has 1 unspecified atom stereocenters. The fourth-order valence-corrected chi connectivity index (χ4v) is 2.76. The zero-order valence-corrected chi connectivity index (χ0v) is 10.9. The Morgan fingerprint density at radius 2 is 2.17 bits per heavy atom. The Balaban J connectivity index is 2.29. The fraction of sp³-hybridized carbons (Fsp3) is 0.643. The minimum Gasteiger partial charge on any atom is -0.395 e. The summed E-state index contributed by atoms with van der Waals surface area (Å²) >= 11 is 0. The van der Waals surface area contributed by atoms with Gasteiger partial charge in [0.1, 0.15) is 5.82 Å². The number of hydrogen-bond donors (Lipinski definition) is 2. The van der Waals surface area contributed by atoms with Gasteiger partial charge in [-0.3, -0.25) is 0 Å². The summed E-state index contributed by atoms with van der Waals surface area (Å²) in [6, 6.07) is 4.20. The maximum atomic E-state index is 9.84. The average molecular weight is 250 g/mol. The van der Waals surface area contributed by atoms with E-state index in [1.165, 1.54) is 12.8 Å². The average Bonchev–Trinajstić information content (AvgIpc) is 2.89. The zero-order valence-electron chi connectivity index (χ0n) is 10.9. The number of aliphatic hydroxyl groups excluding tert-OH is 2. The number of hydrogen-bond acceptors (Lipinski definition) is 4. The van der Waals surface area contributed by atoms with E-state index in [2.05, 4.69) is 9.88 Å². The van der Waals surface area contributed by atoms with Crippen molar-refractivity contribution in [2.45, 2.75) is 44.8 Å². The van der Waals surface area contributed by atoms with Crippen molar-refractivity contribution in [3.8, 4) is 0 Å². The van der Waals surface area contributed by atoms with Gasteiger partial charge in [-0.25, -0.2) is 4.98 Å². The Labute approximate surface area is 108 Å². The summed E-state index contributed by atoms with van der Waals surface area (Å²) in [5.74, 6) is 0.827. The van der Waals surface area contributed by atoms with E-state index in [9.17, 15) is 10.2 Å². The number of aliphatic hydroxyl groups is 2. The Morgan fingerprint density at radius 1 is 1.44 bits per heavy atom. The standard InChI is InChI=1S/C14H22N2O2/c1-11(18)13-7-4-8-15-14(13)16(9-10-17)12-5-2-3-6-12/h4,7-8,11-12,17-18H,2-3,5-6,9-10H2,1H3. The molecule has 1 aliphatic carbocycles. The minimum absolute atomic E-state index is 0.117. The highest BCUT2D eigenvalue weighted by Gasteiger charge is 2.25. The van der Waals surface area contributed by atoms with Crippen LogP contribution in [0, 0.1) is 0 Å². The maximum Gasteiger partial charge on any atom is 0.134 e. The summed E-state index contributed by atoms with van der Waals surface area (Å²) in [6.45, 7) is 2.46. The lowest BCUT2D eigenvalue weighted by Gasteiger charge is -2.31. The molecule has 1 aromatic rings. The van der Waals surface area contributed by atoms with Gasteiger partial charge in [-0.05, 0) is 25.8 Å². The van der Waals surface area contributed by atoms with E-state index < -0.39 is 6.10 Å². The number of rotatable bonds is 5.